The van der Waals surface area contributed by atoms with Crippen molar-refractivity contribution in [2.45, 2.75) is 6.61 Å². The molecule has 0 atom stereocenters. The van der Waals surface area contributed by atoms with Gasteiger partial charge in [0.2, 0.25) is 0 Å². The second-order valence-corrected chi connectivity index (χ2v) is 6.30. The first-order valence-electron chi connectivity index (χ1n) is 7.22. The van der Waals surface area contributed by atoms with Gasteiger partial charge in [0.25, 0.3) is 10.1 Å². The molecule has 1 aromatic rings. The summed E-state index contributed by atoms with van der Waals surface area (Å²) in [6.45, 7) is 2.51. The van der Waals surface area contributed by atoms with Gasteiger partial charge in [0.1, 0.15) is 5.75 Å². The molecule has 0 radical (unpaired) electrons. The van der Waals surface area contributed by atoms with Gasteiger partial charge in [0, 0.05) is 0 Å². The fourth-order valence-electron chi connectivity index (χ4n) is 1.60. The minimum atomic E-state index is -3.39. The van der Waals surface area contributed by atoms with Crippen LogP contribution in [0.2, 0.25) is 0 Å². The summed E-state index contributed by atoms with van der Waals surface area (Å²) in [7, 11) is -1.76. The van der Waals surface area contributed by atoms with Crippen molar-refractivity contribution < 1.29 is 31.5 Å². The van der Waals surface area contributed by atoms with E-state index in [9.17, 15) is 8.42 Å². The topological polar surface area (TPSA) is 80.3 Å². The molecule has 0 aliphatic heterocycles. The Balaban J connectivity index is 1.89. The zero-order chi connectivity index (χ0) is 17.0. The molecule has 7 nitrogen and oxygen atoms in total. The molecule has 0 saturated carbocycles. The van der Waals surface area contributed by atoms with Gasteiger partial charge in [-0.2, -0.15) is 8.42 Å². The summed E-state index contributed by atoms with van der Waals surface area (Å²) < 4.78 is 46.9. The second-order valence-electron chi connectivity index (χ2n) is 4.65. The fourth-order valence-corrected chi connectivity index (χ4v) is 1.97. The maximum atomic E-state index is 10.7. The highest BCUT2D eigenvalue weighted by Gasteiger charge is 2.00. The number of hydrogen-bond donors (Lipinski definition) is 0. The third-order valence-corrected chi connectivity index (χ3v) is 3.29. The van der Waals surface area contributed by atoms with E-state index in [-0.39, 0.29) is 13.2 Å². The average Bonchev–Trinajstić information content (AvgIpc) is 2.52. The highest BCUT2D eigenvalue weighted by atomic mass is 32.2. The molecule has 0 unspecified atom stereocenters. The van der Waals surface area contributed by atoms with Gasteiger partial charge in [0.15, 0.2) is 0 Å². The first-order valence-corrected chi connectivity index (χ1v) is 9.03. The molecule has 132 valence electrons. The molecular formula is C15H24O7S. The number of hydrogen-bond acceptors (Lipinski definition) is 7. The fraction of sp³-hybridized carbons (Fsp3) is 0.600. The van der Waals surface area contributed by atoms with E-state index in [4.69, 9.17) is 18.9 Å². The van der Waals surface area contributed by atoms with Gasteiger partial charge in [-0.3, -0.25) is 4.18 Å². The average molecular weight is 348 g/mol. The quantitative estimate of drug-likeness (QED) is 0.392. The molecule has 0 aliphatic carbocycles. The van der Waals surface area contributed by atoms with Gasteiger partial charge in [0.05, 0.1) is 59.6 Å². The molecule has 0 amide bonds. The lowest BCUT2D eigenvalue weighted by atomic mass is 10.2. The highest BCUT2D eigenvalue weighted by Crippen LogP contribution is 2.11. The molecule has 0 aliphatic rings. The van der Waals surface area contributed by atoms with Crippen molar-refractivity contribution in [2.75, 3.05) is 53.0 Å². The summed E-state index contributed by atoms with van der Waals surface area (Å²) >= 11 is 0. The number of ether oxygens (including phenoxy) is 4. The van der Waals surface area contributed by atoms with Crippen molar-refractivity contribution in [3.8, 4) is 5.75 Å². The largest absolute Gasteiger partial charge is 0.497 e. The lowest BCUT2D eigenvalue weighted by Crippen LogP contribution is -2.13. The molecule has 0 spiro atoms. The Hall–Kier alpha value is -1.19. The molecule has 0 bridgehead atoms. The van der Waals surface area contributed by atoms with Crippen molar-refractivity contribution in [2.24, 2.45) is 0 Å². The van der Waals surface area contributed by atoms with Crippen molar-refractivity contribution in [3.63, 3.8) is 0 Å². The van der Waals surface area contributed by atoms with Gasteiger partial charge in [-0.15, -0.1) is 0 Å². The summed E-state index contributed by atoms with van der Waals surface area (Å²) in [5.41, 5.74) is 1.07. The monoisotopic (exact) mass is 348 g/mol. The van der Waals surface area contributed by atoms with Crippen LogP contribution in [0.1, 0.15) is 5.56 Å². The molecule has 0 saturated heterocycles. The summed E-state index contributed by atoms with van der Waals surface area (Å²) in [4.78, 5) is 0. The molecule has 0 N–H and O–H groups in total. The Kier molecular flexibility index (Phi) is 9.81. The zero-order valence-electron chi connectivity index (χ0n) is 13.5. The predicted octanol–water partition coefficient (Wildman–Crippen LogP) is 1.22. The number of benzene rings is 1. The Morgan fingerprint density at radius 3 is 1.87 bits per heavy atom. The maximum absolute atomic E-state index is 10.7. The van der Waals surface area contributed by atoms with Crippen LogP contribution in [0.15, 0.2) is 24.3 Å². The third-order valence-electron chi connectivity index (χ3n) is 2.70. The normalized spacial score (nSPS) is 11.6. The third kappa shape index (κ3) is 11.1. The molecule has 1 rings (SSSR count). The van der Waals surface area contributed by atoms with Gasteiger partial charge in [-0.05, 0) is 17.7 Å². The van der Waals surface area contributed by atoms with Crippen LogP contribution in [0.4, 0.5) is 0 Å². The van der Waals surface area contributed by atoms with Crippen molar-refractivity contribution in [1.29, 1.82) is 0 Å². The molecule has 0 aromatic heterocycles. The Morgan fingerprint density at radius 2 is 1.35 bits per heavy atom. The van der Waals surface area contributed by atoms with Crippen LogP contribution in [0.25, 0.3) is 0 Å². The molecule has 0 heterocycles. The van der Waals surface area contributed by atoms with E-state index in [1.54, 1.807) is 7.11 Å². The van der Waals surface area contributed by atoms with E-state index < -0.39 is 10.1 Å². The first-order chi connectivity index (χ1) is 11.0. The highest BCUT2D eigenvalue weighted by molar-refractivity contribution is 7.85. The molecule has 8 heteroatoms. The van der Waals surface area contributed by atoms with Gasteiger partial charge >= 0.3 is 0 Å². The smallest absolute Gasteiger partial charge is 0.264 e. The van der Waals surface area contributed by atoms with E-state index in [1.165, 1.54) is 0 Å². The van der Waals surface area contributed by atoms with Crippen molar-refractivity contribution in [3.05, 3.63) is 29.8 Å². The number of rotatable bonds is 13. The molecule has 0 fully saturated rings. The van der Waals surface area contributed by atoms with Gasteiger partial charge in [-0.1, -0.05) is 12.1 Å². The van der Waals surface area contributed by atoms with Crippen LogP contribution in [0.3, 0.4) is 0 Å². The second kappa shape index (κ2) is 11.4. The zero-order valence-corrected chi connectivity index (χ0v) is 14.3. The summed E-state index contributed by atoms with van der Waals surface area (Å²) in [5, 5.41) is 0. The Bertz CT molecular complexity index is 513. The lowest BCUT2D eigenvalue weighted by molar-refractivity contribution is 0.00632. The molecular weight excluding hydrogens is 324 g/mol. The SMILES string of the molecule is COc1ccc(COCCOCCOCCOS(C)(=O)=O)cc1. The van der Waals surface area contributed by atoms with Crippen LogP contribution in [-0.4, -0.2) is 61.4 Å². The van der Waals surface area contributed by atoms with E-state index in [2.05, 4.69) is 4.18 Å². The summed E-state index contributed by atoms with van der Waals surface area (Å²) in [6.07, 6.45) is 1.00. The molecule has 1 aromatic carbocycles. The van der Waals surface area contributed by atoms with Gasteiger partial charge < -0.3 is 18.9 Å². The minimum absolute atomic E-state index is 0.0177. The summed E-state index contributed by atoms with van der Waals surface area (Å²) in [6, 6.07) is 7.68. The van der Waals surface area contributed by atoms with Crippen LogP contribution < -0.4 is 4.74 Å². The van der Waals surface area contributed by atoms with E-state index in [0.717, 1.165) is 17.6 Å². The van der Waals surface area contributed by atoms with Crippen LogP contribution in [-0.2, 0) is 35.1 Å². The maximum Gasteiger partial charge on any atom is 0.264 e. The van der Waals surface area contributed by atoms with Crippen molar-refractivity contribution in [1.82, 2.24) is 0 Å². The standard InChI is InChI=1S/C15H24O7S/c1-18-15-5-3-14(4-6-15)13-21-10-9-19-7-8-20-11-12-22-23(2,16)17/h3-6H,7-13H2,1-2H3. The lowest BCUT2D eigenvalue weighted by Gasteiger charge is -2.07. The van der Waals surface area contributed by atoms with Crippen LogP contribution >= 0.6 is 0 Å². The first kappa shape index (κ1) is 19.9. The Morgan fingerprint density at radius 1 is 0.826 bits per heavy atom. The van der Waals surface area contributed by atoms with Gasteiger partial charge in [-0.25, -0.2) is 0 Å². The molecule has 23 heavy (non-hydrogen) atoms. The van der Waals surface area contributed by atoms with Crippen LogP contribution in [0.5, 0.6) is 5.75 Å². The predicted molar refractivity (Wildman–Crippen MR) is 85.1 cm³/mol. The number of methoxy groups -OCH3 is 1. The van der Waals surface area contributed by atoms with Crippen LogP contribution in [0, 0.1) is 0 Å². The van der Waals surface area contributed by atoms with E-state index in [1.807, 2.05) is 24.3 Å². The van der Waals surface area contributed by atoms with Crippen molar-refractivity contribution >= 4 is 10.1 Å². The van der Waals surface area contributed by atoms with E-state index in [0.29, 0.717) is 33.0 Å². The summed E-state index contributed by atoms with van der Waals surface area (Å²) in [5.74, 6) is 0.819. The minimum Gasteiger partial charge on any atom is -0.497 e. The Labute approximate surface area is 137 Å². The van der Waals surface area contributed by atoms with E-state index >= 15 is 0 Å².